The Morgan fingerprint density at radius 3 is 2.81 bits per heavy atom. The molecule has 21 heavy (non-hydrogen) atoms. The second-order valence-electron chi connectivity index (χ2n) is 6.06. The van der Waals surface area contributed by atoms with Gasteiger partial charge in [0, 0.05) is 16.1 Å². The summed E-state index contributed by atoms with van der Waals surface area (Å²) in [7, 11) is 0. The third-order valence-corrected chi connectivity index (χ3v) is 3.40. The van der Waals surface area contributed by atoms with E-state index < -0.39 is 11.5 Å². The molecule has 1 aromatic carbocycles. The molecular formula is C15H19ClN2O3. The van der Waals surface area contributed by atoms with Crippen LogP contribution in [-0.4, -0.2) is 31.2 Å². The highest BCUT2D eigenvalue weighted by Crippen LogP contribution is 2.24. The topological polar surface area (TPSA) is 58.6 Å². The highest BCUT2D eigenvalue weighted by Gasteiger charge is 2.33. The maximum Gasteiger partial charge on any atom is 0.414 e. The molecule has 1 unspecified atom stereocenters. The van der Waals surface area contributed by atoms with Crippen LogP contribution < -0.4 is 10.2 Å². The molecule has 1 atom stereocenters. The number of cyclic esters (lactones) is 1. The Morgan fingerprint density at radius 2 is 2.19 bits per heavy atom. The molecule has 6 heteroatoms. The number of carbonyl (C=O) groups is 2. The molecule has 0 aliphatic carbocycles. The lowest BCUT2D eigenvalue weighted by Crippen LogP contribution is -2.40. The average molecular weight is 311 g/mol. The van der Waals surface area contributed by atoms with Crippen molar-refractivity contribution in [1.82, 2.24) is 5.32 Å². The standard InChI is InChI=1S/C15H19ClN2O3/c1-15(2,3)13(19)17-8-12-9-18(14(20)21-12)11-6-4-5-10(16)7-11/h4-7,12H,8-9H2,1-3H3,(H,17,19). The molecule has 0 saturated carbocycles. The zero-order chi connectivity index (χ0) is 15.6. The first-order chi connectivity index (χ1) is 9.77. The quantitative estimate of drug-likeness (QED) is 0.934. The highest BCUT2D eigenvalue weighted by molar-refractivity contribution is 6.30. The zero-order valence-electron chi connectivity index (χ0n) is 12.4. The van der Waals surface area contributed by atoms with Crippen molar-refractivity contribution in [2.24, 2.45) is 5.41 Å². The van der Waals surface area contributed by atoms with Gasteiger partial charge in [0.2, 0.25) is 5.91 Å². The largest absolute Gasteiger partial charge is 0.442 e. The van der Waals surface area contributed by atoms with Gasteiger partial charge in [0.1, 0.15) is 6.10 Å². The molecule has 1 aliphatic heterocycles. The van der Waals surface area contributed by atoms with Crippen molar-refractivity contribution >= 4 is 29.3 Å². The van der Waals surface area contributed by atoms with Gasteiger partial charge in [-0.15, -0.1) is 0 Å². The Kier molecular flexibility index (Phi) is 4.42. The summed E-state index contributed by atoms with van der Waals surface area (Å²) in [5.41, 5.74) is 0.229. The number of anilines is 1. The summed E-state index contributed by atoms with van der Waals surface area (Å²) in [6.45, 7) is 6.20. The van der Waals surface area contributed by atoms with E-state index in [1.165, 1.54) is 4.90 Å². The Bertz CT molecular complexity index is 554. The summed E-state index contributed by atoms with van der Waals surface area (Å²) < 4.78 is 5.26. The number of hydrogen-bond donors (Lipinski definition) is 1. The molecule has 1 aliphatic rings. The van der Waals surface area contributed by atoms with Crippen molar-refractivity contribution in [3.63, 3.8) is 0 Å². The number of rotatable bonds is 3. The molecule has 0 aromatic heterocycles. The Hall–Kier alpha value is -1.75. The van der Waals surface area contributed by atoms with E-state index in [4.69, 9.17) is 16.3 Å². The van der Waals surface area contributed by atoms with Gasteiger partial charge in [-0.3, -0.25) is 9.69 Å². The first-order valence-electron chi connectivity index (χ1n) is 6.79. The van der Waals surface area contributed by atoms with Crippen molar-refractivity contribution in [3.8, 4) is 0 Å². The fourth-order valence-corrected chi connectivity index (χ4v) is 2.14. The van der Waals surface area contributed by atoms with E-state index in [0.717, 1.165) is 0 Å². The number of nitrogens with one attached hydrogen (secondary N) is 1. The first kappa shape index (κ1) is 15.6. The van der Waals surface area contributed by atoms with Crippen LogP contribution in [-0.2, 0) is 9.53 Å². The molecule has 5 nitrogen and oxygen atoms in total. The predicted octanol–water partition coefficient (Wildman–Crippen LogP) is 2.83. The van der Waals surface area contributed by atoms with Gasteiger partial charge in [0.25, 0.3) is 0 Å². The van der Waals surface area contributed by atoms with Gasteiger partial charge in [0.15, 0.2) is 0 Å². The van der Waals surface area contributed by atoms with Crippen LogP contribution in [0, 0.1) is 5.41 Å². The lowest BCUT2D eigenvalue weighted by Gasteiger charge is -2.19. The smallest absolute Gasteiger partial charge is 0.414 e. The summed E-state index contributed by atoms with van der Waals surface area (Å²) >= 11 is 5.92. The molecule has 1 fully saturated rings. The average Bonchev–Trinajstić information content (AvgIpc) is 2.76. The highest BCUT2D eigenvalue weighted by atomic mass is 35.5. The summed E-state index contributed by atoms with van der Waals surface area (Å²) in [4.78, 5) is 25.2. The fourth-order valence-electron chi connectivity index (χ4n) is 1.95. The molecule has 2 rings (SSSR count). The van der Waals surface area contributed by atoms with Gasteiger partial charge >= 0.3 is 6.09 Å². The van der Waals surface area contributed by atoms with E-state index in [-0.39, 0.29) is 12.0 Å². The summed E-state index contributed by atoms with van der Waals surface area (Å²) in [5, 5.41) is 3.36. The van der Waals surface area contributed by atoms with Crippen molar-refractivity contribution in [1.29, 1.82) is 0 Å². The molecule has 0 radical (unpaired) electrons. The van der Waals surface area contributed by atoms with Crippen LogP contribution >= 0.6 is 11.6 Å². The molecule has 1 N–H and O–H groups in total. The third kappa shape index (κ3) is 3.88. The van der Waals surface area contributed by atoms with Crippen LogP contribution in [0.25, 0.3) is 0 Å². The van der Waals surface area contributed by atoms with Crippen molar-refractivity contribution < 1.29 is 14.3 Å². The van der Waals surface area contributed by atoms with Crippen LogP contribution in [0.15, 0.2) is 24.3 Å². The maximum atomic E-state index is 11.9. The first-order valence-corrected chi connectivity index (χ1v) is 7.17. The van der Waals surface area contributed by atoms with Crippen LogP contribution in [0.5, 0.6) is 0 Å². The van der Waals surface area contributed by atoms with Crippen molar-refractivity contribution in [2.75, 3.05) is 18.0 Å². The summed E-state index contributed by atoms with van der Waals surface area (Å²) in [6, 6.07) is 7.02. The summed E-state index contributed by atoms with van der Waals surface area (Å²) in [6.07, 6.45) is -0.782. The second kappa shape index (κ2) is 5.93. The van der Waals surface area contributed by atoms with E-state index in [9.17, 15) is 9.59 Å². The van der Waals surface area contributed by atoms with Gasteiger partial charge in [0.05, 0.1) is 13.1 Å². The number of carbonyl (C=O) groups excluding carboxylic acids is 2. The van der Waals surface area contributed by atoms with E-state index in [1.807, 2.05) is 20.8 Å². The number of hydrogen-bond acceptors (Lipinski definition) is 3. The second-order valence-corrected chi connectivity index (χ2v) is 6.49. The molecule has 0 bridgehead atoms. The van der Waals surface area contributed by atoms with Crippen molar-refractivity contribution in [3.05, 3.63) is 29.3 Å². The Balaban J connectivity index is 1.96. The Morgan fingerprint density at radius 1 is 1.48 bits per heavy atom. The molecule has 114 valence electrons. The van der Waals surface area contributed by atoms with Gasteiger partial charge < -0.3 is 10.1 Å². The summed E-state index contributed by atoms with van der Waals surface area (Å²) in [5.74, 6) is -0.0697. The van der Waals surface area contributed by atoms with Gasteiger partial charge in [-0.05, 0) is 18.2 Å². The van der Waals surface area contributed by atoms with E-state index in [2.05, 4.69) is 5.32 Å². The lowest BCUT2D eigenvalue weighted by atomic mass is 9.96. The fraction of sp³-hybridized carbons (Fsp3) is 0.467. The molecular weight excluding hydrogens is 292 g/mol. The minimum absolute atomic E-state index is 0.0697. The van der Waals surface area contributed by atoms with Gasteiger partial charge in [-0.1, -0.05) is 38.4 Å². The molecule has 1 saturated heterocycles. The van der Waals surface area contributed by atoms with Gasteiger partial charge in [-0.2, -0.15) is 0 Å². The predicted molar refractivity (Wildman–Crippen MR) is 81.5 cm³/mol. The maximum absolute atomic E-state index is 11.9. The molecule has 1 heterocycles. The van der Waals surface area contributed by atoms with E-state index >= 15 is 0 Å². The number of amides is 2. The minimum Gasteiger partial charge on any atom is -0.442 e. The van der Waals surface area contributed by atoms with Gasteiger partial charge in [-0.25, -0.2) is 4.79 Å². The number of halogens is 1. The molecule has 1 aromatic rings. The SMILES string of the molecule is CC(C)(C)C(=O)NCC1CN(c2cccc(Cl)c2)C(=O)O1. The number of ether oxygens (including phenoxy) is 1. The van der Waals surface area contributed by atoms with E-state index in [0.29, 0.717) is 23.8 Å². The number of nitrogens with zero attached hydrogens (tertiary/aromatic N) is 1. The van der Waals surface area contributed by atoms with E-state index in [1.54, 1.807) is 24.3 Å². The minimum atomic E-state index is -0.463. The molecule has 0 spiro atoms. The third-order valence-electron chi connectivity index (χ3n) is 3.17. The number of benzene rings is 1. The zero-order valence-corrected chi connectivity index (χ0v) is 13.1. The van der Waals surface area contributed by atoms with Crippen LogP contribution in [0.4, 0.5) is 10.5 Å². The normalized spacial score (nSPS) is 18.6. The Labute approximate surface area is 129 Å². The van der Waals surface area contributed by atoms with Crippen LogP contribution in [0.1, 0.15) is 20.8 Å². The monoisotopic (exact) mass is 310 g/mol. The lowest BCUT2D eigenvalue weighted by molar-refractivity contribution is -0.128. The van der Waals surface area contributed by atoms with Crippen LogP contribution in [0.3, 0.4) is 0 Å². The van der Waals surface area contributed by atoms with Crippen LogP contribution in [0.2, 0.25) is 5.02 Å². The molecule has 2 amide bonds. The van der Waals surface area contributed by atoms with Crippen molar-refractivity contribution in [2.45, 2.75) is 26.9 Å².